The lowest BCUT2D eigenvalue weighted by molar-refractivity contribution is 0.102. The van der Waals surface area contributed by atoms with Crippen molar-refractivity contribution in [3.8, 4) is 0 Å². The van der Waals surface area contributed by atoms with Crippen molar-refractivity contribution in [3.05, 3.63) is 63.3 Å². The molecule has 1 aromatic heterocycles. The molecule has 0 atom stereocenters. The second-order valence-electron chi connectivity index (χ2n) is 3.95. The van der Waals surface area contributed by atoms with Gasteiger partial charge in [0, 0.05) is 24.3 Å². The van der Waals surface area contributed by atoms with Crippen LogP contribution >= 0.6 is 11.6 Å². The number of amides is 1. The molecule has 1 heterocycles. The molecule has 19 heavy (non-hydrogen) atoms. The summed E-state index contributed by atoms with van der Waals surface area (Å²) in [6.45, 7) is 0. The molecular weight excluding hydrogens is 271 g/mol. The summed E-state index contributed by atoms with van der Waals surface area (Å²) in [5, 5.41) is 2.77. The van der Waals surface area contributed by atoms with Gasteiger partial charge in [-0.05, 0) is 24.3 Å². The SMILES string of the molecule is Cn1cc(NC(=O)c2cc(Cl)ccc2F)ccc1=O. The molecule has 0 saturated heterocycles. The molecule has 2 rings (SSSR count). The van der Waals surface area contributed by atoms with E-state index < -0.39 is 11.7 Å². The first-order valence-electron chi connectivity index (χ1n) is 5.40. The highest BCUT2D eigenvalue weighted by molar-refractivity contribution is 6.31. The van der Waals surface area contributed by atoms with Crippen molar-refractivity contribution in [2.75, 3.05) is 5.32 Å². The molecule has 0 radical (unpaired) electrons. The monoisotopic (exact) mass is 280 g/mol. The van der Waals surface area contributed by atoms with Gasteiger partial charge >= 0.3 is 0 Å². The zero-order valence-electron chi connectivity index (χ0n) is 9.98. The molecular formula is C13H10ClFN2O2. The Morgan fingerprint density at radius 2 is 2.05 bits per heavy atom. The van der Waals surface area contributed by atoms with Crippen LogP contribution in [0.2, 0.25) is 5.02 Å². The van der Waals surface area contributed by atoms with Crippen LogP contribution < -0.4 is 10.9 Å². The zero-order valence-corrected chi connectivity index (χ0v) is 10.7. The summed E-state index contributed by atoms with van der Waals surface area (Å²) in [5.41, 5.74) is 0.0414. The van der Waals surface area contributed by atoms with Gasteiger partial charge in [0.2, 0.25) is 5.56 Å². The number of pyridine rings is 1. The smallest absolute Gasteiger partial charge is 0.258 e. The first-order valence-corrected chi connectivity index (χ1v) is 5.78. The fourth-order valence-electron chi connectivity index (χ4n) is 1.54. The Kier molecular flexibility index (Phi) is 3.66. The number of aryl methyl sites for hydroxylation is 1. The quantitative estimate of drug-likeness (QED) is 0.918. The molecule has 0 saturated carbocycles. The van der Waals surface area contributed by atoms with Gasteiger partial charge in [-0.1, -0.05) is 11.6 Å². The highest BCUT2D eigenvalue weighted by Crippen LogP contribution is 2.16. The normalized spacial score (nSPS) is 10.3. The molecule has 98 valence electrons. The second-order valence-corrected chi connectivity index (χ2v) is 4.38. The van der Waals surface area contributed by atoms with E-state index in [2.05, 4.69) is 5.32 Å². The minimum Gasteiger partial charge on any atom is -0.321 e. The lowest BCUT2D eigenvalue weighted by Crippen LogP contribution is -2.18. The van der Waals surface area contributed by atoms with E-state index in [1.807, 2.05) is 0 Å². The van der Waals surface area contributed by atoms with Gasteiger partial charge in [0.1, 0.15) is 5.82 Å². The Hall–Kier alpha value is -2.14. The first kappa shape index (κ1) is 13.3. The maximum Gasteiger partial charge on any atom is 0.258 e. The van der Waals surface area contributed by atoms with Gasteiger partial charge < -0.3 is 9.88 Å². The van der Waals surface area contributed by atoms with E-state index in [1.54, 1.807) is 7.05 Å². The molecule has 1 aromatic carbocycles. The van der Waals surface area contributed by atoms with E-state index in [1.165, 1.54) is 35.0 Å². The molecule has 4 nitrogen and oxygen atoms in total. The van der Waals surface area contributed by atoms with E-state index in [-0.39, 0.29) is 16.1 Å². The largest absolute Gasteiger partial charge is 0.321 e. The summed E-state index contributed by atoms with van der Waals surface area (Å²) in [5.74, 6) is -1.29. The molecule has 0 aliphatic heterocycles. The average molecular weight is 281 g/mol. The van der Waals surface area contributed by atoms with E-state index in [9.17, 15) is 14.0 Å². The van der Waals surface area contributed by atoms with Crippen LogP contribution in [0, 0.1) is 5.82 Å². The fraction of sp³-hybridized carbons (Fsp3) is 0.0769. The molecule has 0 fully saturated rings. The lowest BCUT2D eigenvalue weighted by Gasteiger charge is -2.07. The summed E-state index contributed by atoms with van der Waals surface area (Å²) in [7, 11) is 1.55. The van der Waals surface area contributed by atoms with Crippen LogP contribution in [-0.4, -0.2) is 10.5 Å². The number of halogens is 2. The standard InChI is InChI=1S/C13H10ClFN2O2/c1-17-7-9(3-5-12(17)18)16-13(19)10-6-8(14)2-4-11(10)15/h2-7H,1H3,(H,16,19). The fourth-order valence-corrected chi connectivity index (χ4v) is 1.71. The topological polar surface area (TPSA) is 51.1 Å². The van der Waals surface area contributed by atoms with Crippen LogP contribution in [0.4, 0.5) is 10.1 Å². The highest BCUT2D eigenvalue weighted by Gasteiger charge is 2.12. The number of carbonyl (C=O) groups excluding carboxylic acids is 1. The van der Waals surface area contributed by atoms with Crippen LogP contribution in [0.1, 0.15) is 10.4 Å². The van der Waals surface area contributed by atoms with Gasteiger partial charge in [-0.25, -0.2) is 4.39 Å². The average Bonchev–Trinajstić information content (AvgIpc) is 2.36. The number of nitrogens with zero attached hydrogens (tertiary/aromatic N) is 1. The Labute approximate surface area is 113 Å². The molecule has 0 spiro atoms. The second kappa shape index (κ2) is 5.24. The zero-order chi connectivity index (χ0) is 14.0. The summed E-state index contributed by atoms with van der Waals surface area (Å²) >= 11 is 5.72. The summed E-state index contributed by atoms with van der Waals surface area (Å²) in [6.07, 6.45) is 1.45. The van der Waals surface area contributed by atoms with Gasteiger partial charge in [-0.15, -0.1) is 0 Å². The minimum absolute atomic E-state index is 0.152. The van der Waals surface area contributed by atoms with Crippen molar-refractivity contribution in [2.45, 2.75) is 0 Å². The van der Waals surface area contributed by atoms with E-state index in [0.717, 1.165) is 6.07 Å². The minimum atomic E-state index is -0.660. The predicted octanol–water partition coefficient (Wildman–Crippen LogP) is 2.43. The van der Waals surface area contributed by atoms with Gasteiger partial charge in [0.25, 0.3) is 5.91 Å². The van der Waals surface area contributed by atoms with Crippen molar-refractivity contribution in [3.63, 3.8) is 0 Å². The number of aromatic nitrogens is 1. The van der Waals surface area contributed by atoms with Gasteiger partial charge in [-0.2, -0.15) is 0 Å². The lowest BCUT2D eigenvalue weighted by atomic mass is 10.2. The van der Waals surface area contributed by atoms with Crippen LogP contribution in [0.25, 0.3) is 0 Å². The van der Waals surface area contributed by atoms with Crippen molar-refractivity contribution < 1.29 is 9.18 Å². The van der Waals surface area contributed by atoms with E-state index in [4.69, 9.17) is 11.6 Å². The van der Waals surface area contributed by atoms with Crippen molar-refractivity contribution >= 4 is 23.2 Å². The predicted molar refractivity (Wildman–Crippen MR) is 71.0 cm³/mol. The third kappa shape index (κ3) is 3.00. The summed E-state index contributed by atoms with van der Waals surface area (Å²) < 4.78 is 14.8. The van der Waals surface area contributed by atoms with Crippen molar-refractivity contribution in [1.82, 2.24) is 4.57 Å². The first-order chi connectivity index (χ1) is 8.97. The molecule has 0 unspecified atom stereocenters. The molecule has 1 N–H and O–H groups in total. The van der Waals surface area contributed by atoms with E-state index in [0.29, 0.717) is 5.69 Å². The maximum absolute atomic E-state index is 13.5. The number of hydrogen-bond acceptors (Lipinski definition) is 2. The summed E-state index contributed by atoms with van der Waals surface area (Å²) in [6, 6.07) is 6.48. The van der Waals surface area contributed by atoms with Crippen LogP contribution in [0.15, 0.2) is 41.3 Å². The van der Waals surface area contributed by atoms with Crippen molar-refractivity contribution in [2.24, 2.45) is 7.05 Å². The molecule has 0 aliphatic rings. The number of benzene rings is 1. The van der Waals surface area contributed by atoms with Crippen LogP contribution in [0.3, 0.4) is 0 Å². The third-order valence-electron chi connectivity index (χ3n) is 2.52. The van der Waals surface area contributed by atoms with E-state index >= 15 is 0 Å². The molecule has 1 amide bonds. The third-order valence-corrected chi connectivity index (χ3v) is 2.75. The Morgan fingerprint density at radius 1 is 1.32 bits per heavy atom. The van der Waals surface area contributed by atoms with Gasteiger partial charge in [-0.3, -0.25) is 9.59 Å². The Bertz CT molecular complexity index is 697. The summed E-state index contributed by atoms with van der Waals surface area (Å²) in [4.78, 5) is 23.1. The number of nitrogens with one attached hydrogen (secondary N) is 1. The number of rotatable bonds is 2. The molecule has 0 aliphatic carbocycles. The van der Waals surface area contributed by atoms with Crippen molar-refractivity contribution in [1.29, 1.82) is 0 Å². The highest BCUT2D eigenvalue weighted by atomic mass is 35.5. The van der Waals surface area contributed by atoms with Gasteiger partial charge in [0.05, 0.1) is 11.3 Å². The molecule has 2 aromatic rings. The number of anilines is 1. The Balaban J connectivity index is 2.28. The molecule has 0 bridgehead atoms. The number of hydrogen-bond donors (Lipinski definition) is 1. The maximum atomic E-state index is 13.5. The molecule has 6 heteroatoms. The van der Waals surface area contributed by atoms with Crippen LogP contribution in [0.5, 0.6) is 0 Å². The Morgan fingerprint density at radius 3 is 2.74 bits per heavy atom. The number of carbonyl (C=O) groups is 1. The van der Waals surface area contributed by atoms with Crippen LogP contribution in [-0.2, 0) is 7.05 Å². The van der Waals surface area contributed by atoms with Gasteiger partial charge in [0.15, 0.2) is 0 Å².